The molecule has 0 aromatic carbocycles. The highest BCUT2D eigenvalue weighted by Gasteiger charge is 2.29. The number of hydrogen-bond acceptors (Lipinski definition) is 5. The summed E-state index contributed by atoms with van der Waals surface area (Å²) in [6.45, 7) is 3.27. The zero-order chi connectivity index (χ0) is 18.8. The highest BCUT2D eigenvalue weighted by Crippen LogP contribution is 2.28. The molecular weight excluding hydrogens is 362 g/mol. The summed E-state index contributed by atoms with van der Waals surface area (Å²) in [4.78, 5) is 32.0. The Labute approximate surface area is 162 Å². The van der Waals surface area contributed by atoms with E-state index in [1.54, 1.807) is 5.51 Å². The number of aryl methyl sites for hydroxylation is 1. The van der Waals surface area contributed by atoms with Crippen LogP contribution >= 0.6 is 11.3 Å². The van der Waals surface area contributed by atoms with Gasteiger partial charge in [0.15, 0.2) is 0 Å². The quantitative estimate of drug-likeness (QED) is 0.844. The van der Waals surface area contributed by atoms with Gasteiger partial charge in [0.05, 0.1) is 11.2 Å². The molecular formula is C19H25N5O2S. The van der Waals surface area contributed by atoms with Gasteiger partial charge >= 0.3 is 0 Å². The number of H-pyrrole nitrogens is 1. The van der Waals surface area contributed by atoms with Crippen LogP contribution in [0.25, 0.3) is 0 Å². The molecule has 0 unspecified atom stereocenters. The normalized spacial score (nSPS) is 20.8. The van der Waals surface area contributed by atoms with Gasteiger partial charge in [-0.25, -0.2) is 4.98 Å². The van der Waals surface area contributed by atoms with Crippen molar-refractivity contribution in [2.75, 3.05) is 13.1 Å². The van der Waals surface area contributed by atoms with Gasteiger partial charge < -0.3 is 10.2 Å². The average Bonchev–Trinajstić information content (AvgIpc) is 3.43. The Kier molecular flexibility index (Phi) is 5.24. The zero-order valence-corrected chi connectivity index (χ0v) is 16.3. The van der Waals surface area contributed by atoms with E-state index >= 15 is 0 Å². The van der Waals surface area contributed by atoms with Crippen molar-refractivity contribution >= 4 is 23.2 Å². The number of hydrogen-bond donors (Lipinski definition) is 2. The Bertz CT molecular complexity index is 824. The maximum atomic E-state index is 12.8. The Hall–Kier alpha value is -2.22. The minimum absolute atomic E-state index is 0.0541. The molecule has 4 rings (SSSR count). The first-order valence-electron chi connectivity index (χ1n) is 9.67. The Morgan fingerprint density at radius 3 is 2.81 bits per heavy atom. The topological polar surface area (TPSA) is 91.0 Å². The van der Waals surface area contributed by atoms with Gasteiger partial charge in [-0.2, -0.15) is 5.10 Å². The second-order valence-corrected chi connectivity index (χ2v) is 8.38. The first kappa shape index (κ1) is 18.2. The Balaban J connectivity index is 1.41. The van der Waals surface area contributed by atoms with E-state index in [1.807, 2.05) is 17.9 Å². The van der Waals surface area contributed by atoms with Crippen LogP contribution in [0.1, 0.15) is 76.0 Å². The number of rotatable bonds is 4. The molecule has 27 heavy (non-hydrogen) atoms. The third-order valence-electron chi connectivity index (χ3n) is 5.61. The molecule has 0 spiro atoms. The first-order valence-corrected chi connectivity index (χ1v) is 10.6. The van der Waals surface area contributed by atoms with E-state index in [9.17, 15) is 9.59 Å². The van der Waals surface area contributed by atoms with Gasteiger partial charge in [0.25, 0.3) is 11.8 Å². The van der Waals surface area contributed by atoms with Crippen LogP contribution < -0.4 is 5.32 Å². The molecule has 1 aliphatic carbocycles. The fraction of sp³-hybridized carbons (Fsp3) is 0.579. The van der Waals surface area contributed by atoms with Crippen molar-refractivity contribution in [3.63, 3.8) is 0 Å². The summed E-state index contributed by atoms with van der Waals surface area (Å²) in [6.07, 6.45) is 6.40. The summed E-state index contributed by atoms with van der Waals surface area (Å²) in [5.74, 6) is 0.128. The van der Waals surface area contributed by atoms with Gasteiger partial charge in [0.1, 0.15) is 10.6 Å². The predicted molar refractivity (Wildman–Crippen MR) is 103 cm³/mol. The van der Waals surface area contributed by atoms with Gasteiger partial charge in [-0.3, -0.25) is 14.7 Å². The minimum atomic E-state index is -0.103. The lowest BCUT2D eigenvalue weighted by molar-refractivity contribution is 0.0709. The van der Waals surface area contributed by atoms with Crippen molar-refractivity contribution < 1.29 is 9.59 Å². The van der Waals surface area contributed by atoms with Crippen LogP contribution in [0.4, 0.5) is 0 Å². The van der Waals surface area contributed by atoms with Crippen molar-refractivity contribution in [3.05, 3.63) is 33.5 Å². The van der Waals surface area contributed by atoms with Crippen LogP contribution in [0, 0.1) is 6.92 Å². The molecule has 2 N–H and O–H groups in total. The van der Waals surface area contributed by atoms with Crippen LogP contribution in [-0.2, 0) is 0 Å². The largest absolute Gasteiger partial charge is 0.348 e. The molecule has 144 valence electrons. The number of aromatic amines is 1. The number of piperidine rings is 1. The molecule has 1 atom stereocenters. The predicted octanol–water partition coefficient (Wildman–Crippen LogP) is 2.87. The van der Waals surface area contributed by atoms with E-state index in [0.29, 0.717) is 12.2 Å². The molecule has 2 aliphatic rings. The molecule has 8 heteroatoms. The minimum Gasteiger partial charge on any atom is -0.348 e. The van der Waals surface area contributed by atoms with Crippen LogP contribution in [0.15, 0.2) is 11.6 Å². The van der Waals surface area contributed by atoms with E-state index in [4.69, 9.17) is 0 Å². The lowest BCUT2D eigenvalue weighted by Crippen LogP contribution is -2.39. The Morgan fingerprint density at radius 2 is 2.07 bits per heavy atom. The van der Waals surface area contributed by atoms with Gasteiger partial charge in [-0.05, 0) is 38.7 Å². The number of amides is 2. The number of carbonyl (C=O) groups excluding carboxylic acids is 2. The first-order chi connectivity index (χ1) is 13.1. The SMILES string of the molecule is Cc1ncsc1C(=O)N1CCC[C@@H](c2cc(C(=O)NC3CCCC3)n[nH]2)C1. The number of carbonyl (C=O) groups is 2. The van der Waals surface area contributed by atoms with Crippen molar-refractivity contribution in [1.82, 2.24) is 25.4 Å². The molecule has 2 aromatic heterocycles. The third kappa shape index (κ3) is 3.90. The summed E-state index contributed by atoms with van der Waals surface area (Å²) in [5.41, 5.74) is 3.89. The fourth-order valence-electron chi connectivity index (χ4n) is 4.06. The standard InChI is InChI=1S/C19H25N5O2S/c1-12-17(27-11-20-12)19(26)24-8-4-5-13(10-24)15-9-16(23-22-15)18(25)21-14-6-2-3-7-14/h9,11,13-14H,2-8,10H2,1H3,(H,21,25)(H,22,23)/t13-/m1/s1. The lowest BCUT2D eigenvalue weighted by Gasteiger charge is -2.32. The molecule has 2 aromatic rings. The van der Waals surface area contributed by atoms with E-state index in [2.05, 4.69) is 20.5 Å². The lowest BCUT2D eigenvalue weighted by atomic mass is 9.94. The summed E-state index contributed by atoms with van der Waals surface area (Å²) >= 11 is 1.40. The van der Waals surface area contributed by atoms with Crippen LogP contribution in [-0.4, -0.2) is 51.0 Å². The number of nitrogens with zero attached hydrogens (tertiary/aromatic N) is 3. The zero-order valence-electron chi connectivity index (χ0n) is 15.5. The van der Waals surface area contributed by atoms with Crippen LogP contribution in [0.5, 0.6) is 0 Å². The summed E-state index contributed by atoms with van der Waals surface area (Å²) in [6, 6.07) is 2.13. The fourth-order valence-corrected chi connectivity index (χ4v) is 4.83. The molecule has 3 heterocycles. The number of thiazole rings is 1. The van der Waals surface area contributed by atoms with Gasteiger partial charge in [0, 0.05) is 30.7 Å². The van der Waals surface area contributed by atoms with Crippen LogP contribution in [0.2, 0.25) is 0 Å². The molecule has 1 aliphatic heterocycles. The maximum Gasteiger partial charge on any atom is 0.271 e. The second kappa shape index (κ2) is 7.80. The van der Waals surface area contributed by atoms with Crippen LogP contribution in [0.3, 0.4) is 0 Å². The molecule has 1 saturated heterocycles. The molecule has 0 radical (unpaired) electrons. The van der Waals surface area contributed by atoms with E-state index in [-0.39, 0.29) is 23.8 Å². The Morgan fingerprint density at radius 1 is 1.26 bits per heavy atom. The third-order valence-corrected chi connectivity index (χ3v) is 6.53. The highest BCUT2D eigenvalue weighted by molar-refractivity contribution is 7.11. The van der Waals surface area contributed by atoms with Crippen molar-refractivity contribution in [2.24, 2.45) is 0 Å². The molecule has 0 bridgehead atoms. The van der Waals surface area contributed by atoms with E-state index < -0.39 is 0 Å². The second-order valence-electron chi connectivity index (χ2n) is 7.52. The average molecular weight is 388 g/mol. The monoisotopic (exact) mass is 387 g/mol. The molecule has 1 saturated carbocycles. The van der Waals surface area contributed by atoms with Gasteiger partial charge in [0.2, 0.25) is 0 Å². The highest BCUT2D eigenvalue weighted by atomic mass is 32.1. The van der Waals surface area contributed by atoms with Gasteiger partial charge in [-0.1, -0.05) is 12.8 Å². The van der Waals surface area contributed by atoms with Gasteiger partial charge in [-0.15, -0.1) is 11.3 Å². The number of aromatic nitrogens is 3. The molecule has 2 amide bonds. The smallest absolute Gasteiger partial charge is 0.271 e. The van der Waals surface area contributed by atoms with Crippen molar-refractivity contribution in [2.45, 2.75) is 57.4 Å². The summed E-state index contributed by atoms with van der Waals surface area (Å²) < 4.78 is 0. The van der Waals surface area contributed by atoms with E-state index in [1.165, 1.54) is 24.2 Å². The maximum absolute atomic E-state index is 12.8. The molecule has 2 fully saturated rings. The molecule has 7 nitrogen and oxygen atoms in total. The van der Waals surface area contributed by atoms with Crippen molar-refractivity contribution in [3.8, 4) is 0 Å². The number of nitrogens with one attached hydrogen (secondary N) is 2. The number of likely N-dealkylation sites (tertiary alicyclic amines) is 1. The summed E-state index contributed by atoms with van der Waals surface area (Å²) in [7, 11) is 0. The summed E-state index contributed by atoms with van der Waals surface area (Å²) in [5, 5.41) is 10.3. The van der Waals surface area contributed by atoms with E-state index in [0.717, 1.165) is 48.5 Å². The van der Waals surface area contributed by atoms with Crippen molar-refractivity contribution in [1.29, 1.82) is 0 Å².